The molecular weight excluding hydrogens is 396 g/mol. The summed E-state index contributed by atoms with van der Waals surface area (Å²) < 4.78 is 32.0. The minimum atomic E-state index is -3.27. The Hall–Kier alpha value is -1.38. The zero-order chi connectivity index (χ0) is 17.3. The number of nitrogens with one attached hydrogen (secondary N) is 1. The van der Waals surface area contributed by atoms with Gasteiger partial charge in [-0.2, -0.15) is 0 Å². The van der Waals surface area contributed by atoms with Gasteiger partial charge in [0.2, 0.25) is 10.0 Å². The molecule has 0 aliphatic carbocycles. The normalized spacial score (nSPS) is 20.8. The van der Waals surface area contributed by atoms with Crippen LogP contribution in [0.15, 0.2) is 28.2 Å². The van der Waals surface area contributed by atoms with Gasteiger partial charge in [0.25, 0.3) is 5.91 Å². The molecule has 2 heterocycles. The third-order valence-corrected chi connectivity index (χ3v) is 5.30. The second-order valence-electron chi connectivity index (χ2n) is 6.12. The summed E-state index contributed by atoms with van der Waals surface area (Å²) in [4.78, 5) is 14.4. The van der Waals surface area contributed by atoms with Crippen molar-refractivity contribution in [3.63, 3.8) is 0 Å². The summed E-state index contributed by atoms with van der Waals surface area (Å²) in [6, 6.07) is 5.44. The highest BCUT2D eigenvalue weighted by Gasteiger charge is 2.28. The molecule has 8 heteroatoms. The van der Waals surface area contributed by atoms with Crippen molar-refractivity contribution in [1.82, 2.24) is 9.62 Å². The van der Waals surface area contributed by atoms with E-state index in [4.69, 9.17) is 4.74 Å². The SMILES string of the molecule is CS(=O)(=O)NC1CCCN(C(=O)C2=Cc3cc(Br)ccc3OC2)C1. The van der Waals surface area contributed by atoms with E-state index in [9.17, 15) is 13.2 Å². The Balaban J connectivity index is 1.74. The summed E-state index contributed by atoms with van der Waals surface area (Å²) in [5.41, 5.74) is 1.45. The van der Waals surface area contributed by atoms with Crippen LogP contribution in [0, 0.1) is 0 Å². The fourth-order valence-corrected chi connectivity index (χ4v) is 4.21. The number of benzene rings is 1. The third-order valence-electron chi connectivity index (χ3n) is 4.05. The topological polar surface area (TPSA) is 75.7 Å². The van der Waals surface area contributed by atoms with Gasteiger partial charge in [-0.15, -0.1) is 0 Å². The first-order chi connectivity index (χ1) is 11.3. The monoisotopic (exact) mass is 414 g/mol. The molecule has 24 heavy (non-hydrogen) atoms. The Morgan fingerprint density at radius 1 is 1.42 bits per heavy atom. The Morgan fingerprint density at radius 2 is 2.21 bits per heavy atom. The summed E-state index contributed by atoms with van der Waals surface area (Å²) >= 11 is 3.41. The number of piperidine rings is 1. The van der Waals surface area contributed by atoms with Crippen LogP contribution >= 0.6 is 15.9 Å². The van der Waals surface area contributed by atoms with E-state index in [1.54, 1.807) is 4.90 Å². The van der Waals surface area contributed by atoms with Gasteiger partial charge in [0, 0.05) is 29.2 Å². The first-order valence-electron chi connectivity index (χ1n) is 7.71. The van der Waals surface area contributed by atoms with Gasteiger partial charge in [0.15, 0.2) is 0 Å². The largest absolute Gasteiger partial charge is 0.488 e. The van der Waals surface area contributed by atoms with E-state index >= 15 is 0 Å². The fourth-order valence-electron chi connectivity index (χ4n) is 3.04. The van der Waals surface area contributed by atoms with Gasteiger partial charge in [0.05, 0.1) is 11.8 Å². The number of likely N-dealkylation sites (tertiary alicyclic amines) is 1. The summed E-state index contributed by atoms with van der Waals surface area (Å²) in [6.07, 6.45) is 4.50. The number of rotatable bonds is 3. The number of hydrogen-bond donors (Lipinski definition) is 1. The molecule has 3 rings (SSSR count). The molecule has 1 fully saturated rings. The molecule has 0 bridgehead atoms. The van der Waals surface area contributed by atoms with E-state index in [2.05, 4.69) is 20.7 Å². The fraction of sp³-hybridized carbons (Fsp3) is 0.438. The zero-order valence-electron chi connectivity index (χ0n) is 13.3. The van der Waals surface area contributed by atoms with Crippen molar-refractivity contribution in [1.29, 1.82) is 0 Å². The lowest BCUT2D eigenvalue weighted by Gasteiger charge is -2.33. The number of sulfonamides is 1. The van der Waals surface area contributed by atoms with Crippen molar-refractivity contribution in [2.75, 3.05) is 26.0 Å². The minimum Gasteiger partial charge on any atom is -0.488 e. The molecule has 1 saturated heterocycles. The van der Waals surface area contributed by atoms with Crippen molar-refractivity contribution in [2.45, 2.75) is 18.9 Å². The predicted molar refractivity (Wildman–Crippen MR) is 95.2 cm³/mol. The van der Waals surface area contributed by atoms with Gasteiger partial charge in [-0.05, 0) is 37.1 Å². The molecule has 2 aliphatic rings. The molecule has 1 atom stereocenters. The number of nitrogens with zero attached hydrogens (tertiary/aromatic N) is 1. The van der Waals surface area contributed by atoms with Crippen LogP contribution in [0.25, 0.3) is 6.08 Å². The van der Waals surface area contributed by atoms with Gasteiger partial charge in [0.1, 0.15) is 12.4 Å². The maximum Gasteiger partial charge on any atom is 0.253 e. The summed E-state index contributed by atoms with van der Waals surface area (Å²) in [6.45, 7) is 1.24. The van der Waals surface area contributed by atoms with Crippen molar-refractivity contribution in [2.24, 2.45) is 0 Å². The number of hydrogen-bond acceptors (Lipinski definition) is 4. The molecular formula is C16H19BrN2O4S. The lowest BCUT2D eigenvalue weighted by molar-refractivity contribution is -0.128. The lowest BCUT2D eigenvalue weighted by atomic mass is 10.0. The van der Waals surface area contributed by atoms with Crippen molar-refractivity contribution in [3.05, 3.63) is 33.8 Å². The Bertz CT molecular complexity index is 791. The Labute approximate surface area is 150 Å². The highest BCUT2D eigenvalue weighted by Crippen LogP contribution is 2.30. The Kier molecular flexibility index (Phi) is 4.98. The molecule has 1 N–H and O–H groups in total. The number of carbonyl (C=O) groups is 1. The second kappa shape index (κ2) is 6.85. The maximum atomic E-state index is 12.7. The number of amides is 1. The van der Waals surface area contributed by atoms with Crippen LogP contribution in [0.5, 0.6) is 5.75 Å². The Morgan fingerprint density at radius 3 is 2.96 bits per heavy atom. The van der Waals surface area contributed by atoms with Gasteiger partial charge in [-0.25, -0.2) is 13.1 Å². The highest BCUT2D eigenvalue weighted by molar-refractivity contribution is 9.10. The molecule has 0 radical (unpaired) electrons. The first kappa shape index (κ1) is 17.4. The molecule has 6 nitrogen and oxygen atoms in total. The molecule has 130 valence electrons. The van der Waals surface area contributed by atoms with Gasteiger partial charge >= 0.3 is 0 Å². The number of ether oxygens (including phenoxy) is 1. The van der Waals surface area contributed by atoms with Crippen LogP contribution in [-0.4, -0.2) is 51.2 Å². The quantitative estimate of drug-likeness (QED) is 0.817. The lowest BCUT2D eigenvalue weighted by Crippen LogP contribution is -2.50. The van der Waals surface area contributed by atoms with Crippen molar-refractivity contribution >= 4 is 37.9 Å². The predicted octanol–water partition coefficient (Wildman–Crippen LogP) is 1.77. The van der Waals surface area contributed by atoms with E-state index in [0.29, 0.717) is 18.7 Å². The highest BCUT2D eigenvalue weighted by atomic mass is 79.9. The summed E-state index contributed by atoms with van der Waals surface area (Å²) in [5.74, 6) is 0.658. The van der Waals surface area contributed by atoms with Crippen LogP contribution < -0.4 is 9.46 Å². The van der Waals surface area contributed by atoms with Crippen LogP contribution in [0.2, 0.25) is 0 Å². The molecule has 1 unspecified atom stereocenters. The van der Waals surface area contributed by atoms with E-state index in [1.807, 2.05) is 24.3 Å². The molecule has 1 amide bonds. The van der Waals surface area contributed by atoms with Crippen LogP contribution in [-0.2, 0) is 14.8 Å². The average Bonchev–Trinajstić information content (AvgIpc) is 2.52. The van der Waals surface area contributed by atoms with E-state index in [1.165, 1.54) is 0 Å². The third kappa shape index (κ3) is 4.17. The van der Waals surface area contributed by atoms with Crippen molar-refractivity contribution < 1.29 is 17.9 Å². The van der Waals surface area contributed by atoms with Gasteiger partial charge < -0.3 is 9.64 Å². The van der Waals surface area contributed by atoms with Gasteiger partial charge in [-0.3, -0.25) is 4.79 Å². The molecule has 1 aromatic rings. The number of carbonyl (C=O) groups excluding carboxylic acids is 1. The standard InChI is InChI=1S/C16H19BrN2O4S/c1-24(21,22)18-14-3-2-6-19(9-14)16(20)12-7-11-8-13(17)4-5-15(11)23-10-12/h4-5,7-8,14,18H,2-3,6,9-10H2,1H3. The smallest absolute Gasteiger partial charge is 0.253 e. The molecule has 1 aromatic carbocycles. The summed E-state index contributed by atoms with van der Waals surface area (Å²) in [5, 5.41) is 0. The van der Waals surface area contributed by atoms with Crippen molar-refractivity contribution in [3.8, 4) is 5.75 Å². The first-order valence-corrected chi connectivity index (χ1v) is 10.4. The maximum absolute atomic E-state index is 12.7. The zero-order valence-corrected chi connectivity index (χ0v) is 15.7. The van der Waals surface area contributed by atoms with Crippen LogP contribution in [0.4, 0.5) is 0 Å². The molecule has 0 saturated carbocycles. The number of halogens is 1. The molecule has 2 aliphatic heterocycles. The van der Waals surface area contributed by atoms with E-state index < -0.39 is 10.0 Å². The van der Waals surface area contributed by atoms with E-state index in [-0.39, 0.29) is 18.6 Å². The van der Waals surface area contributed by atoms with Gasteiger partial charge in [-0.1, -0.05) is 15.9 Å². The summed E-state index contributed by atoms with van der Waals surface area (Å²) in [7, 11) is -3.27. The van der Waals surface area contributed by atoms with E-state index in [0.717, 1.165) is 34.9 Å². The average molecular weight is 415 g/mol. The van der Waals surface area contributed by atoms with Crippen LogP contribution in [0.1, 0.15) is 18.4 Å². The minimum absolute atomic E-state index is 0.0966. The van der Waals surface area contributed by atoms with Crippen LogP contribution in [0.3, 0.4) is 0 Å². The second-order valence-corrected chi connectivity index (χ2v) is 8.82. The number of fused-ring (bicyclic) bond motifs is 1. The molecule has 0 aromatic heterocycles. The molecule has 0 spiro atoms.